The van der Waals surface area contributed by atoms with Gasteiger partial charge in [0.05, 0.1) is 13.2 Å². The van der Waals surface area contributed by atoms with Crippen LogP contribution in [0.25, 0.3) is 0 Å². The predicted molar refractivity (Wildman–Crippen MR) is 69.5 cm³/mol. The molecular weight excluding hydrogens is 230 g/mol. The average Bonchev–Trinajstić information content (AvgIpc) is 2.89. The number of carbonyl (C=O) groups is 1. The molecule has 0 aromatic heterocycles. The van der Waals surface area contributed by atoms with Gasteiger partial charge in [-0.15, -0.1) is 0 Å². The Kier molecular flexibility index (Phi) is 5.02. The van der Waals surface area contributed by atoms with Crippen molar-refractivity contribution in [1.29, 1.82) is 0 Å². The lowest BCUT2D eigenvalue weighted by Gasteiger charge is -2.10. The second-order valence-corrected chi connectivity index (χ2v) is 4.37. The van der Waals surface area contributed by atoms with Gasteiger partial charge in [-0.05, 0) is 18.6 Å². The van der Waals surface area contributed by atoms with Gasteiger partial charge >= 0.3 is 5.97 Å². The number of nitrogens with one attached hydrogen (secondary N) is 1. The van der Waals surface area contributed by atoms with E-state index in [9.17, 15) is 4.79 Å². The Morgan fingerprint density at radius 3 is 2.94 bits per heavy atom. The van der Waals surface area contributed by atoms with Gasteiger partial charge in [-0.25, -0.2) is 0 Å². The lowest BCUT2D eigenvalue weighted by Crippen LogP contribution is -2.18. The van der Waals surface area contributed by atoms with Gasteiger partial charge in [0.2, 0.25) is 0 Å². The van der Waals surface area contributed by atoms with Crippen LogP contribution in [-0.4, -0.2) is 31.8 Å². The van der Waals surface area contributed by atoms with Crippen LogP contribution >= 0.6 is 0 Å². The van der Waals surface area contributed by atoms with Gasteiger partial charge in [-0.2, -0.15) is 0 Å². The number of para-hydroxylation sites is 1. The van der Waals surface area contributed by atoms with Gasteiger partial charge in [0, 0.05) is 25.1 Å². The van der Waals surface area contributed by atoms with Gasteiger partial charge < -0.3 is 14.8 Å². The molecule has 0 spiro atoms. The molecule has 1 unspecified atom stereocenters. The molecule has 18 heavy (non-hydrogen) atoms. The Hall–Kier alpha value is -1.55. The van der Waals surface area contributed by atoms with Crippen molar-refractivity contribution < 1.29 is 14.3 Å². The van der Waals surface area contributed by atoms with E-state index < -0.39 is 0 Å². The molecule has 1 aliphatic rings. The molecule has 4 nitrogen and oxygen atoms in total. The number of benzene rings is 1. The number of ether oxygens (including phenoxy) is 2. The summed E-state index contributed by atoms with van der Waals surface area (Å²) < 4.78 is 10.4. The van der Waals surface area contributed by atoms with Crippen molar-refractivity contribution in [3.05, 3.63) is 30.3 Å². The minimum atomic E-state index is -0.125. The molecule has 1 heterocycles. The van der Waals surface area contributed by atoms with Gasteiger partial charge in [-0.3, -0.25) is 4.79 Å². The van der Waals surface area contributed by atoms with Crippen LogP contribution in [0.15, 0.2) is 30.3 Å². The fraction of sp³-hybridized carbons (Fsp3) is 0.500. The predicted octanol–water partition coefficient (Wildman–Crippen LogP) is 2.21. The highest BCUT2D eigenvalue weighted by molar-refractivity contribution is 5.69. The largest absolute Gasteiger partial charge is 0.460 e. The minimum Gasteiger partial charge on any atom is -0.460 e. The number of esters is 1. The highest BCUT2D eigenvalue weighted by atomic mass is 16.6. The Morgan fingerprint density at radius 2 is 2.22 bits per heavy atom. The highest BCUT2D eigenvalue weighted by Gasteiger charge is 2.19. The number of hydrogen-bond acceptors (Lipinski definition) is 4. The molecule has 98 valence electrons. The molecule has 0 amide bonds. The van der Waals surface area contributed by atoms with Gasteiger partial charge in [-0.1, -0.05) is 18.2 Å². The van der Waals surface area contributed by atoms with Gasteiger partial charge in [0.15, 0.2) is 0 Å². The molecule has 1 aromatic rings. The van der Waals surface area contributed by atoms with Gasteiger partial charge in [0.25, 0.3) is 0 Å². The summed E-state index contributed by atoms with van der Waals surface area (Å²) in [6.07, 6.45) is 2.03. The van der Waals surface area contributed by atoms with Crippen LogP contribution < -0.4 is 5.32 Å². The Bertz CT molecular complexity index is 361. The van der Waals surface area contributed by atoms with E-state index in [0.717, 1.165) is 25.1 Å². The lowest BCUT2D eigenvalue weighted by atomic mass is 10.2. The first-order valence-corrected chi connectivity index (χ1v) is 6.41. The van der Waals surface area contributed by atoms with E-state index in [1.807, 2.05) is 30.3 Å². The van der Waals surface area contributed by atoms with Crippen LogP contribution in [0.5, 0.6) is 0 Å². The molecule has 1 fully saturated rings. The first-order valence-electron chi connectivity index (χ1n) is 6.41. The lowest BCUT2D eigenvalue weighted by molar-refractivity contribution is -0.149. The zero-order valence-electron chi connectivity index (χ0n) is 10.4. The molecule has 1 saturated heterocycles. The van der Waals surface area contributed by atoms with Crippen molar-refractivity contribution in [2.45, 2.75) is 25.4 Å². The molecule has 0 bridgehead atoms. The molecule has 1 N–H and O–H groups in total. The summed E-state index contributed by atoms with van der Waals surface area (Å²) in [5.74, 6) is -0.125. The highest BCUT2D eigenvalue weighted by Crippen LogP contribution is 2.10. The normalized spacial score (nSPS) is 18.6. The van der Waals surface area contributed by atoms with E-state index in [2.05, 4.69) is 5.32 Å². The third-order valence-electron chi connectivity index (χ3n) is 2.85. The summed E-state index contributed by atoms with van der Waals surface area (Å²) in [6, 6.07) is 9.96. The van der Waals surface area contributed by atoms with Crippen molar-refractivity contribution in [3.63, 3.8) is 0 Å². The monoisotopic (exact) mass is 249 g/mol. The van der Waals surface area contributed by atoms with Crippen molar-refractivity contribution in [1.82, 2.24) is 0 Å². The van der Waals surface area contributed by atoms with Crippen molar-refractivity contribution >= 4 is 11.7 Å². The summed E-state index contributed by atoms with van der Waals surface area (Å²) >= 11 is 0. The number of hydrogen-bond donors (Lipinski definition) is 1. The molecular formula is C14H19NO3. The topological polar surface area (TPSA) is 47.6 Å². The van der Waals surface area contributed by atoms with Gasteiger partial charge in [0.1, 0.15) is 6.10 Å². The Balaban J connectivity index is 1.56. The third kappa shape index (κ3) is 4.37. The summed E-state index contributed by atoms with van der Waals surface area (Å²) in [5.41, 5.74) is 1.08. The maximum Gasteiger partial charge on any atom is 0.306 e. The van der Waals surface area contributed by atoms with Crippen LogP contribution in [0.3, 0.4) is 0 Å². The second kappa shape index (κ2) is 7.01. The van der Waals surface area contributed by atoms with E-state index in [4.69, 9.17) is 9.47 Å². The quantitative estimate of drug-likeness (QED) is 0.620. The average molecular weight is 249 g/mol. The Morgan fingerprint density at radius 1 is 1.39 bits per heavy atom. The smallest absolute Gasteiger partial charge is 0.306 e. The molecule has 0 saturated carbocycles. The maximum atomic E-state index is 11.5. The van der Waals surface area contributed by atoms with E-state index in [1.165, 1.54) is 0 Å². The molecule has 1 aliphatic heterocycles. The first kappa shape index (κ1) is 12.9. The fourth-order valence-corrected chi connectivity index (χ4v) is 1.87. The number of carbonyl (C=O) groups excluding carboxylic acids is 1. The van der Waals surface area contributed by atoms with E-state index in [1.54, 1.807) is 0 Å². The minimum absolute atomic E-state index is 0.0282. The molecule has 4 heteroatoms. The van der Waals surface area contributed by atoms with E-state index in [-0.39, 0.29) is 12.1 Å². The standard InChI is InChI=1S/C14H19NO3/c16-14(18-13-8-10-17-11-13)7-4-9-15-12-5-2-1-3-6-12/h1-3,5-6,13,15H,4,7-11H2. The van der Waals surface area contributed by atoms with Crippen LogP contribution in [0, 0.1) is 0 Å². The van der Waals surface area contributed by atoms with Crippen LogP contribution in [0.4, 0.5) is 5.69 Å². The molecule has 0 radical (unpaired) electrons. The van der Waals surface area contributed by atoms with Crippen LogP contribution in [0.2, 0.25) is 0 Å². The maximum absolute atomic E-state index is 11.5. The zero-order valence-corrected chi connectivity index (χ0v) is 10.4. The van der Waals surface area contributed by atoms with Crippen LogP contribution in [0.1, 0.15) is 19.3 Å². The molecule has 1 aromatic carbocycles. The molecule has 2 rings (SSSR count). The first-order chi connectivity index (χ1) is 8.84. The zero-order chi connectivity index (χ0) is 12.6. The summed E-state index contributed by atoms with van der Waals surface area (Å²) in [4.78, 5) is 11.5. The van der Waals surface area contributed by atoms with Crippen molar-refractivity contribution in [2.24, 2.45) is 0 Å². The molecule has 0 aliphatic carbocycles. The summed E-state index contributed by atoms with van der Waals surface area (Å²) in [6.45, 7) is 2.03. The third-order valence-corrected chi connectivity index (χ3v) is 2.85. The van der Waals surface area contributed by atoms with Crippen molar-refractivity contribution in [2.75, 3.05) is 25.1 Å². The van der Waals surface area contributed by atoms with Crippen molar-refractivity contribution in [3.8, 4) is 0 Å². The summed E-state index contributed by atoms with van der Waals surface area (Å²) in [7, 11) is 0. The van der Waals surface area contributed by atoms with E-state index in [0.29, 0.717) is 19.6 Å². The fourth-order valence-electron chi connectivity index (χ4n) is 1.87. The van der Waals surface area contributed by atoms with Crippen LogP contribution in [-0.2, 0) is 14.3 Å². The SMILES string of the molecule is O=C(CCCNc1ccccc1)OC1CCOC1. The summed E-state index contributed by atoms with van der Waals surface area (Å²) in [5, 5.41) is 3.26. The number of anilines is 1. The molecule has 1 atom stereocenters. The van der Waals surface area contributed by atoms with E-state index >= 15 is 0 Å². The second-order valence-electron chi connectivity index (χ2n) is 4.37. The number of rotatable bonds is 6. The Labute approximate surface area is 107 Å².